The monoisotopic (exact) mass is 544 g/mol. The molecule has 3 aromatic rings. The summed E-state index contributed by atoms with van der Waals surface area (Å²) in [6.07, 6.45) is -4.65. The number of aromatic nitrogens is 1. The molecule has 4 rings (SSSR count). The minimum absolute atomic E-state index is 0.0619. The Kier molecular flexibility index (Phi) is 7.14. The van der Waals surface area contributed by atoms with Crippen molar-refractivity contribution >= 4 is 49.1 Å². The third-order valence-electron chi connectivity index (χ3n) is 6.32. The molecule has 1 aliphatic rings. The smallest absolute Gasteiger partial charge is 0.390 e. The third kappa shape index (κ3) is 5.70. The number of hydrogen-bond donors (Lipinski definition) is 5. The normalized spacial score (nSPS) is 17.7. The minimum atomic E-state index is -4.37. The molecule has 1 unspecified atom stereocenters. The fraction of sp³-hybridized carbons (Fsp3) is 0.391. The molecule has 1 aromatic heterocycles. The second-order valence-corrected chi connectivity index (χ2v) is 11.9. The number of thiazole rings is 1. The number of alkyl halides is 3. The van der Waals surface area contributed by atoms with Crippen LogP contribution in [0.2, 0.25) is 0 Å². The number of hydrogen-bond acceptors (Lipinski definition) is 8. The quantitative estimate of drug-likeness (QED) is 0.274. The molecule has 1 aliphatic heterocycles. The molecule has 6 N–H and O–H groups in total. The van der Waals surface area contributed by atoms with Gasteiger partial charge in [-0.1, -0.05) is 35.1 Å². The second kappa shape index (κ2) is 9.71. The highest BCUT2D eigenvalue weighted by Crippen LogP contribution is 2.51. The number of likely N-dealkylation sites (tertiary alicyclic amines) is 1. The van der Waals surface area contributed by atoms with Crippen LogP contribution in [0.5, 0.6) is 0 Å². The van der Waals surface area contributed by atoms with Crippen LogP contribution in [0.15, 0.2) is 47.4 Å². The maximum Gasteiger partial charge on any atom is 0.391 e. The number of carbonyl (C=O) groups excluding carboxylic acids is 1. The number of benzene rings is 2. The average Bonchev–Trinajstić information content (AvgIpc) is 3.18. The number of carbonyl (C=O) groups is 1. The molecule has 0 bridgehead atoms. The standard InChI is InChI=1S/C23H27F3N4O4S2/c1-14(23(24,25)26)13-22(32)9-11-30(12-10-22)20(31)15-5-7-16(8-6-15)29-36(33,34)18-4-2-3-17-19(18)28-21(27)35-17/h2-8,14,29,32-34H,9-13H2,1H3,(H2,27,28). The molecule has 2 heterocycles. The lowest BCUT2D eigenvalue weighted by Crippen LogP contribution is -2.48. The van der Waals surface area contributed by atoms with E-state index < -0.39 is 34.9 Å². The highest BCUT2D eigenvalue weighted by molar-refractivity contribution is 8.25. The van der Waals surface area contributed by atoms with Crippen molar-refractivity contribution < 1.29 is 32.2 Å². The number of nitrogens with zero attached hydrogens (tertiary/aromatic N) is 2. The van der Waals surface area contributed by atoms with Crippen molar-refractivity contribution in [3.05, 3.63) is 48.0 Å². The van der Waals surface area contributed by atoms with Gasteiger partial charge in [-0.15, -0.1) is 0 Å². The molecule has 1 fully saturated rings. The van der Waals surface area contributed by atoms with Crippen molar-refractivity contribution in [1.82, 2.24) is 9.88 Å². The topological polar surface area (TPSA) is 132 Å². The van der Waals surface area contributed by atoms with Gasteiger partial charge >= 0.3 is 6.18 Å². The lowest BCUT2D eigenvalue weighted by Gasteiger charge is -2.39. The van der Waals surface area contributed by atoms with E-state index in [0.717, 1.165) is 6.92 Å². The zero-order valence-corrected chi connectivity index (χ0v) is 21.0. The fourth-order valence-electron chi connectivity index (χ4n) is 4.27. The van der Waals surface area contributed by atoms with Crippen LogP contribution in [0.1, 0.15) is 36.5 Å². The molecule has 8 nitrogen and oxygen atoms in total. The molecule has 2 aromatic carbocycles. The van der Waals surface area contributed by atoms with Gasteiger partial charge in [0.25, 0.3) is 5.91 Å². The van der Waals surface area contributed by atoms with Gasteiger partial charge in [0, 0.05) is 18.7 Å². The number of nitrogen functional groups attached to an aromatic ring is 1. The summed E-state index contributed by atoms with van der Waals surface area (Å²) in [6.45, 7) is 1.33. The largest absolute Gasteiger partial charge is 0.391 e. The molecule has 0 aliphatic carbocycles. The SMILES string of the molecule is CC(CC1(O)CCN(C(=O)c2ccc(NS(O)(O)c3cccc4sc(N)nc34)cc2)CC1)C(F)(F)F. The molecule has 196 valence electrons. The number of nitrogens with two attached hydrogens (primary N) is 1. The van der Waals surface area contributed by atoms with Gasteiger partial charge in [0.2, 0.25) is 0 Å². The van der Waals surface area contributed by atoms with Crippen molar-refractivity contribution in [3.8, 4) is 0 Å². The summed E-state index contributed by atoms with van der Waals surface area (Å²) in [5, 5.41) is 10.9. The van der Waals surface area contributed by atoms with Crippen LogP contribution >= 0.6 is 22.1 Å². The van der Waals surface area contributed by atoms with E-state index in [4.69, 9.17) is 5.73 Å². The molecule has 0 spiro atoms. The first-order valence-electron chi connectivity index (χ1n) is 11.2. The van der Waals surface area contributed by atoms with Crippen molar-refractivity contribution in [3.63, 3.8) is 0 Å². The summed E-state index contributed by atoms with van der Waals surface area (Å²) in [5.41, 5.74) is 5.39. The number of piperidine rings is 1. The summed E-state index contributed by atoms with van der Waals surface area (Å²) < 4.78 is 63.6. The number of fused-ring (bicyclic) bond motifs is 1. The van der Waals surface area contributed by atoms with Gasteiger partial charge in [-0.05, 0) is 55.7 Å². The Balaban J connectivity index is 1.40. The van der Waals surface area contributed by atoms with Gasteiger partial charge in [0.15, 0.2) is 5.13 Å². The van der Waals surface area contributed by atoms with Crippen molar-refractivity contribution in [2.45, 2.75) is 42.9 Å². The van der Waals surface area contributed by atoms with Gasteiger partial charge in [-0.2, -0.15) is 13.2 Å². The van der Waals surface area contributed by atoms with E-state index in [-0.39, 0.29) is 36.7 Å². The maximum absolute atomic E-state index is 12.9. The van der Waals surface area contributed by atoms with Crippen LogP contribution in [0, 0.1) is 5.92 Å². The van der Waals surface area contributed by atoms with Crippen LogP contribution in [-0.4, -0.2) is 54.9 Å². The van der Waals surface area contributed by atoms with E-state index in [1.165, 1.54) is 40.5 Å². The summed E-state index contributed by atoms with van der Waals surface area (Å²) in [5.74, 6) is -1.95. The highest BCUT2D eigenvalue weighted by Gasteiger charge is 2.43. The van der Waals surface area contributed by atoms with Crippen molar-refractivity contribution in [2.24, 2.45) is 5.92 Å². The van der Waals surface area contributed by atoms with Gasteiger partial charge in [-0.25, -0.2) is 4.98 Å². The van der Waals surface area contributed by atoms with Crippen molar-refractivity contribution in [1.29, 1.82) is 0 Å². The van der Waals surface area contributed by atoms with Crippen LogP contribution in [0.4, 0.5) is 24.0 Å². The number of amides is 1. The fourth-order valence-corrected chi connectivity index (χ4v) is 6.36. The Morgan fingerprint density at radius 1 is 1.22 bits per heavy atom. The first-order chi connectivity index (χ1) is 16.8. The summed E-state index contributed by atoms with van der Waals surface area (Å²) in [7, 11) is -3.48. The Hall–Kier alpha value is -2.58. The van der Waals surface area contributed by atoms with Gasteiger partial charge < -0.3 is 15.7 Å². The summed E-state index contributed by atoms with van der Waals surface area (Å²) >= 11 is 1.23. The van der Waals surface area contributed by atoms with E-state index in [1.54, 1.807) is 18.2 Å². The second-order valence-electron chi connectivity index (χ2n) is 9.05. The zero-order valence-electron chi connectivity index (χ0n) is 19.3. The molecular formula is C23H27F3N4O4S2. The number of nitrogens with one attached hydrogen (secondary N) is 1. The Bertz CT molecular complexity index is 1240. The van der Waals surface area contributed by atoms with E-state index in [0.29, 0.717) is 26.6 Å². The first kappa shape index (κ1) is 26.5. The molecule has 36 heavy (non-hydrogen) atoms. The van der Waals surface area contributed by atoms with Crippen LogP contribution < -0.4 is 10.5 Å². The van der Waals surface area contributed by atoms with E-state index >= 15 is 0 Å². The number of anilines is 2. The Labute approximate surface area is 211 Å². The molecular weight excluding hydrogens is 517 g/mol. The van der Waals surface area contributed by atoms with Crippen LogP contribution in [0.3, 0.4) is 0 Å². The molecule has 0 radical (unpaired) electrons. The predicted molar refractivity (Wildman–Crippen MR) is 135 cm³/mol. The van der Waals surface area contributed by atoms with Gasteiger partial charge in [0.1, 0.15) is 10.4 Å². The third-order valence-corrected chi connectivity index (χ3v) is 8.64. The lowest BCUT2D eigenvalue weighted by molar-refractivity contribution is -0.187. The minimum Gasteiger partial charge on any atom is -0.390 e. The van der Waals surface area contributed by atoms with Gasteiger partial charge in [0.05, 0.1) is 21.9 Å². The van der Waals surface area contributed by atoms with E-state index in [2.05, 4.69) is 9.71 Å². The molecule has 13 heteroatoms. The van der Waals surface area contributed by atoms with Crippen LogP contribution in [-0.2, 0) is 0 Å². The molecule has 0 saturated carbocycles. The average molecular weight is 545 g/mol. The first-order valence-corrected chi connectivity index (χ1v) is 13.5. The van der Waals surface area contributed by atoms with E-state index in [9.17, 15) is 32.2 Å². The zero-order chi connectivity index (χ0) is 26.3. The Morgan fingerprint density at radius 3 is 2.47 bits per heavy atom. The number of halogens is 3. The maximum atomic E-state index is 12.9. The van der Waals surface area contributed by atoms with Gasteiger partial charge in [-0.3, -0.25) is 18.6 Å². The van der Waals surface area contributed by atoms with Crippen molar-refractivity contribution in [2.75, 3.05) is 23.5 Å². The molecule has 1 atom stereocenters. The summed E-state index contributed by atoms with van der Waals surface area (Å²) in [4.78, 5) is 18.8. The number of aliphatic hydroxyl groups is 1. The number of rotatable bonds is 6. The molecule has 1 saturated heterocycles. The van der Waals surface area contributed by atoms with Crippen LogP contribution in [0.25, 0.3) is 10.2 Å². The Morgan fingerprint density at radius 2 is 1.86 bits per heavy atom. The molecule has 1 amide bonds. The van der Waals surface area contributed by atoms with E-state index in [1.807, 2.05) is 0 Å². The highest BCUT2D eigenvalue weighted by atomic mass is 32.3. The summed E-state index contributed by atoms with van der Waals surface area (Å²) in [6, 6.07) is 11.1. The number of para-hydroxylation sites is 1. The lowest BCUT2D eigenvalue weighted by atomic mass is 9.83. The predicted octanol–water partition coefficient (Wildman–Crippen LogP) is 5.57.